The maximum absolute atomic E-state index is 12.9. The summed E-state index contributed by atoms with van der Waals surface area (Å²) in [6.07, 6.45) is 6.29. The highest BCUT2D eigenvalue weighted by Gasteiger charge is 2.27. The number of amides is 2. The number of likely N-dealkylation sites (tertiary alicyclic amines) is 1. The van der Waals surface area contributed by atoms with Gasteiger partial charge in [0.2, 0.25) is 11.8 Å². The molecule has 1 saturated heterocycles. The van der Waals surface area contributed by atoms with E-state index in [1.54, 1.807) is 34.7 Å². The molecule has 1 fully saturated rings. The normalized spacial score (nSPS) is 17.6. The summed E-state index contributed by atoms with van der Waals surface area (Å²) >= 11 is 1.37. The van der Waals surface area contributed by atoms with Gasteiger partial charge in [-0.25, -0.2) is 9.37 Å². The number of nitrogens with zero attached hydrogens (tertiary/aromatic N) is 2. The highest BCUT2D eigenvalue weighted by Crippen LogP contribution is 2.20. The number of halogens is 1. The van der Waals surface area contributed by atoms with Crippen molar-refractivity contribution in [1.82, 2.24) is 9.88 Å². The number of benzene rings is 1. The fourth-order valence-corrected chi connectivity index (χ4v) is 3.26. The van der Waals surface area contributed by atoms with Crippen molar-refractivity contribution in [2.75, 3.05) is 18.4 Å². The summed E-state index contributed by atoms with van der Waals surface area (Å²) < 4.78 is 12.9. The van der Waals surface area contributed by atoms with Gasteiger partial charge in [-0.05, 0) is 36.6 Å². The van der Waals surface area contributed by atoms with Crippen LogP contribution in [-0.4, -0.2) is 34.8 Å². The topological polar surface area (TPSA) is 62.3 Å². The Morgan fingerprint density at radius 1 is 1.32 bits per heavy atom. The van der Waals surface area contributed by atoms with Gasteiger partial charge >= 0.3 is 0 Å². The van der Waals surface area contributed by atoms with Crippen LogP contribution in [0.25, 0.3) is 6.08 Å². The van der Waals surface area contributed by atoms with E-state index in [-0.39, 0.29) is 23.5 Å². The minimum atomic E-state index is -0.311. The van der Waals surface area contributed by atoms with Crippen molar-refractivity contribution in [3.8, 4) is 0 Å². The van der Waals surface area contributed by atoms with E-state index in [1.807, 2.05) is 0 Å². The van der Waals surface area contributed by atoms with Crippen LogP contribution in [0, 0.1) is 11.7 Å². The lowest BCUT2D eigenvalue weighted by atomic mass is 9.97. The zero-order valence-corrected chi connectivity index (χ0v) is 14.3. The van der Waals surface area contributed by atoms with Gasteiger partial charge in [0.1, 0.15) is 5.82 Å². The minimum Gasteiger partial charge on any atom is -0.338 e. The predicted molar refractivity (Wildman–Crippen MR) is 95.5 cm³/mol. The summed E-state index contributed by atoms with van der Waals surface area (Å²) in [5.74, 6) is -0.791. The van der Waals surface area contributed by atoms with E-state index in [1.165, 1.54) is 29.5 Å². The van der Waals surface area contributed by atoms with Gasteiger partial charge in [-0.1, -0.05) is 12.1 Å². The Bertz CT molecular complexity index is 759. The number of hydrogen-bond donors (Lipinski definition) is 1. The zero-order chi connectivity index (χ0) is 17.6. The minimum absolute atomic E-state index is 0.102. The molecule has 0 saturated carbocycles. The number of carbonyl (C=O) groups excluding carboxylic acids is 2. The first-order valence-corrected chi connectivity index (χ1v) is 8.93. The fraction of sp³-hybridized carbons (Fsp3) is 0.278. The second kappa shape index (κ2) is 8.02. The summed E-state index contributed by atoms with van der Waals surface area (Å²) in [5, 5.41) is 5.16. The Kier molecular flexibility index (Phi) is 5.55. The van der Waals surface area contributed by atoms with E-state index in [4.69, 9.17) is 0 Å². The molecule has 2 heterocycles. The molecule has 1 N–H and O–H groups in total. The molecule has 0 spiro atoms. The number of aromatic nitrogens is 1. The third-order valence-corrected chi connectivity index (χ3v) is 4.74. The molecule has 2 amide bonds. The number of hydrogen-bond acceptors (Lipinski definition) is 4. The average molecular weight is 359 g/mol. The number of thiazole rings is 1. The second-order valence-electron chi connectivity index (χ2n) is 5.83. The molecular weight excluding hydrogens is 341 g/mol. The van der Waals surface area contributed by atoms with Crippen LogP contribution in [0.5, 0.6) is 0 Å². The van der Waals surface area contributed by atoms with Crippen molar-refractivity contribution < 1.29 is 14.0 Å². The molecule has 1 aliphatic heterocycles. The van der Waals surface area contributed by atoms with Crippen molar-refractivity contribution in [2.45, 2.75) is 12.8 Å². The van der Waals surface area contributed by atoms with Crippen LogP contribution < -0.4 is 5.32 Å². The molecular formula is C18H18FN3O2S. The van der Waals surface area contributed by atoms with Gasteiger partial charge in [0, 0.05) is 30.7 Å². The van der Waals surface area contributed by atoms with Crippen molar-refractivity contribution in [3.63, 3.8) is 0 Å². The lowest BCUT2D eigenvalue weighted by Crippen LogP contribution is -2.43. The molecule has 0 unspecified atom stereocenters. The summed E-state index contributed by atoms with van der Waals surface area (Å²) in [4.78, 5) is 30.4. The number of piperidine rings is 1. The maximum Gasteiger partial charge on any atom is 0.246 e. The number of anilines is 1. The van der Waals surface area contributed by atoms with E-state index in [9.17, 15) is 14.0 Å². The van der Waals surface area contributed by atoms with E-state index < -0.39 is 0 Å². The van der Waals surface area contributed by atoms with Crippen LogP contribution in [-0.2, 0) is 9.59 Å². The molecule has 0 aliphatic carbocycles. The summed E-state index contributed by atoms with van der Waals surface area (Å²) in [7, 11) is 0. The molecule has 1 aromatic carbocycles. The Hall–Kier alpha value is -2.54. The van der Waals surface area contributed by atoms with E-state index in [0.717, 1.165) is 18.4 Å². The molecule has 1 aromatic heterocycles. The van der Waals surface area contributed by atoms with Gasteiger partial charge in [-0.3, -0.25) is 9.59 Å². The lowest BCUT2D eigenvalue weighted by molar-refractivity contribution is -0.130. The summed E-state index contributed by atoms with van der Waals surface area (Å²) in [5.41, 5.74) is 0.754. The molecule has 1 aliphatic rings. The van der Waals surface area contributed by atoms with Crippen molar-refractivity contribution in [3.05, 3.63) is 53.3 Å². The Morgan fingerprint density at radius 2 is 2.12 bits per heavy atom. The van der Waals surface area contributed by atoms with Gasteiger partial charge in [-0.15, -0.1) is 11.3 Å². The quantitative estimate of drug-likeness (QED) is 0.853. The average Bonchev–Trinajstić information content (AvgIpc) is 3.14. The fourth-order valence-electron chi connectivity index (χ4n) is 2.73. The predicted octanol–water partition coefficient (Wildman–Crippen LogP) is 3.17. The van der Waals surface area contributed by atoms with Crippen molar-refractivity contribution >= 4 is 34.4 Å². The van der Waals surface area contributed by atoms with Crippen LogP contribution in [0.2, 0.25) is 0 Å². The lowest BCUT2D eigenvalue weighted by Gasteiger charge is -2.31. The smallest absolute Gasteiger partial charge is 0.246 e. The van der Waals surface area contributed by atoms with Gasteiger partial charge in [0.05, 0.1) is 5.92 Å². The third kappa shape index (κ3) is 4.73. The van der Waals surface area contributed by atoms with Gasteiger partial charge in [0.15, 0.2) is 5.13 Å². The molecule has 0 radical (unpaired) electrons. The first-order valence-electron chi connectivity index (χ1n) is 8.05. The van der Waals surface area contributed by atoms with Crippen LogP contribution in [0.1, 0.15) is 18.4 Å². The van der Waals surface area contributed by atoms with Crippen LogP contribution in [0.15, 0.2) is 41.9 Å². The second-order valence-corrected chi connectivity index (χ2v) is 6.73. The molecule has 25 heavy (non-hydrogen) atoms. The third-order valence-electron chi connectivity index (χ3n) is 4.05. The molecule has 1 atom stereocenters. The maximum atomic E-state index is 12.9. The Balaban J connectivity index is 1.57. The van der Waals surface area contributed by atoms with Gasteiger partial charge in [-0.2, -0.15) is 0 Å². The first-order chi connectivity index (χ1) is 12.1. The van der Waals surface area contributed by atoms with E-state index >= 15 is 0 Å². The summed E-state index contributed by atoms with van der Waals surface area (Å²) in [6.45, 7) is 1.03. The van der Waals surface area contributed by atoms with Crippen LogP contribution in [0.3, 0.4) is 0 Å². The van der Waals surface area contributed by atoms with Crippen LogP contribution in [0.4, 0.5) is 9.52 Å². The molecule has 5 nitrogen and oxygen atoms in total. The van der Waals surface area contributed by atoms with Crippen molar-refractivity contribution in [2.24, 2.45) is 5.92 Å². The molecule has 130 valence electrons. The van der Waals surface area contributed by atoms with E-state index in [0.29, 0.717) is 18.2 Å². The number of carbonyl (C=O) groups is 2. The number of rotatable bonds is 4. The monoisotopic (exact) mass is 359 g/mol. The molecule has 3 rings (SSSR count). The first kappa shape index (κ1) is 17.3. The van der Waals surface area contributed by atoms with Crippen LogP contribution >= 0.6 is 11.3 Å². The highest BCUT2D eigenvalue weighted by molar-refractivity contribution is 7.13. The largest absolute Gasteiger partial charge is 0.338 e. The number of nitrogens with one attached hydrogen (secondary N) is 1. The summed E-state index contributed by atoms with van der Waals surface area (Å²) in [6, 6.07) is 5.92. The SMILES string of the molecule is O=C(Nc1nccs1)[C@@H]1CCCN(C(=O)/C=C\c2ccc(F)cc2)C1. The molecule has 7 heteroatoms. The Morgan fingerprint density at radius 3 is 2.84 bits per heavy atom. The Labute approximate surface area is 149 Å². The molecule has 0 bridgehead atoms. The van der Waals surface area contributed by atoms with E-state index in [2.05, 4.69) is 10.3 Å². The van der Waals surface area contributed by atoms with Crippen molar-refractivity contribution in [1.29, 1.82) is 0 Å². The van der Waals surface area contributed by atoms with Gasteiger partial charge in [0.25, 0.3) is 0 Å². The molecule has 2 aromatic rings. The zero-order valence-electron chi connectivity index (χ0n) is 13.5. The van der Waals surface area contributed by atoms with Gasteiger partial charge < -0.3 is 10.2 Å². The standard InChI is InChI=1S/C18H18FN3O2S/c19-15-6-3-13(4-7-15)5-8-16(23)22-10-1-2-14(12-22)17(24)21-18-20-9-11-25-18/h3-9,11,14H,1-2,10,12H2,(H,20,21,24)/b8-5-/t14-/m1/s1. The highest BCUT2D eigenvalue weighted by atomic mass is 32.1.